The quantitative estimate of drug-likeness (QED) is 0.512. The molecule has 2 N–H and O–H groups in total. The standard InChI is InChI=1S/C28H30FN3O3/c1-35-26-12-5-2-7-20(26)13-16-30-28(34)24-10-3-4-11-25(24)32-17-14-23(15-18-32)31-27(33)21-8-6-9-22(29)19-21/h2-12,19,23H,13-18H2,1H3,(H,30,34)(H,31,33). The highest BCUT2D eigenvalue weighted by molar-refractivity contribution is 6.00. The van der Waals surface area contributed by atoms with Gasteiger partial charge in [0.05, 0.1) is 12.7 Å². The van der Waals surface area contributed by atoms with Crippen molar-refractivity contribution in [3.63, 3.8) is 0 Å². The minimum absolute atomic E-state index is 0.00357. The van der Waals surface area contributed by atoms with E-state index in [2.05, 4.69) is 15.5 Å². The van der Waals surface area contributed by atoms with Gasteiger partial charge in [-0.2, -0.15) is 0 Å². The van der Waals surface area contributed by atoms with Crippen molar-refractivity contribution >= 4 is 17.5 Å². The summed E-state index contributed by atoms with van der Waals surface area (Å²) in [5.41, 5.74) is 2.89. The topological polar surface area (TPSA) is 70.7 Å². The molecule has 0 saturated carbocycles. The summed E-state index contributed by atoms with van der Waals surface area (Å²) in [5, 5.41) is 6.03. The van der Waals surface area contributed by atoms with Crippen LogP contribution >= 0.6 is 0 Å². The van der Waals surface area contributed by atoms with E-state index in [4.69, 9.17) is 4.74 Å². The van der Waals surface area contributed by atoms with Gasteiger partial charge in [0, 0.05) is 36.9 Å². The molecule has 0 atom stereocenters. The fourth-order valence-electron chi connectivity index (χ4n) is 4.42. The lowest BCUT2D eigenvalue weighted by Crippen LogP contribution is -2.45. The lowest BCUT2D eigenvalue weighted by atomic mass is 10.0. The second-order valence-corrected chi connectivity index (χ2v) is 8.58. The van der Waals surface area contributed by atoms with Gasteiger partial charge in [-0.1, -0.05) is 36.4 Å². The van der Waals surface area contributed by atoms with E-state index in [9.17, 15) is 14.0 Å². The number of methoxy groups -OCH3 is 1. The Morgan fingerprint density at radius 2 is 1.71 bits per heavy atom. The summed E-state index contributed by atoms with van der Waals surface area (Å²) < 4.78 is 18.8. The van der Waals surface area contributed by atoms with E-state index in [1.807, 2.05) is 48.5 Å². The fourth-order valence-corrected chi connectivity index (χ4v) is 4.42. The first kappa shape index (κ1) is 24.3. The van der Waals surface area contributed by atoms with Crippen LogP contribution in [0.4, 0.5) is 10.1 Å². The van der Waals surface area contributed by atoms with Crippen molar-refractivity contribution in [3.05, 3.63) is 95.3 Å². The van der Waals surface area contributed by atoms with Gasteiger partial charge < -0.3 is 20.3 Å². The summed E-state index contributed by atoms with van der Waals surface area (Å²) in [6.45, 7) is 1.92. The van der Waals surface area contributed by atoms with Gasteiger partial charge >= 0.3 is 0 Å². The second-order valence-electron chi connectivity index (χ2n) is 8.58. The Balaban J connectivity index is 1.32. The van der Waals surface area contributed by atoms with Crippen LogP contribution in [-0.2, 0) is 6.42 Å². The van der Waals surface area contributed by atoms with Crippen LogP contribution in [0.5, 0.6) is 5.75 Å². The Morgan fingerprint density at radius 3 is 2.49 bits per heavy atom. The maximum absolute atomic E-state index is 13.4. The van der Waals surface area contributed by atoms with E-state index in [0.717, 1.165) is 29.8 Å². The van der Waals surface area contributed by atoms with Gasteiger partial charge in [-0.25, -0.2) is 4.39 Å². The molecule has 6 nitrogen and oxygen atoms in total. The van der Waals surface area contributed by atoms with Crippen molar-refractivity contribution < 1.29 is 18.7 Å². The largest absolute Gasteiger partial charge is 0.496 e. The van der Waals surface area contributed by atoms with Gasteiger partial charge in [-0.3, -0.25) is 9.59 Å². The van der Waals surface area contributed by atoms with E-state index < -0.39 is 5.82 Å². The SMILES string of the molecule is COc1ccccc1CCNC(=O)c1ccccc1N1CCC(NC(=O)c2cccc(F)c2)CC1. The van der Waals surface area contributed by atoms with Gasteiger partial charge in [-0.05, 0) is 61.2 Å². The number of halogens is 1. The molecule has 0 aliphatic carbocycles. The number of anilines is 1. The number of carbonyl (C=O) groups is 2. The number of hydrogen-bond donors (Lipinski definition) is 2. The fraction of sp³-hybridized carbons (Fsp3) is 0.286. The average Bonchev–Trinajstić information content (AvgIpc) is 2.89. The third kappa shape index (κ3) is 6.18. The second kappa shape index (κ2) is 11.5. The average molecular weight is 476 g/mol. The van der Waals surface area contributed by atoms with E-state index in [1.165, 1.54) is 18.2 Å². The third-order valence-corrected chi connectivity index (χ3v) is 6.28. The molecule has 0 spiro atoms. The molecule has 2 amide bonds. The lowest BCUT2D eigenvalue weighted by Gasteiger charge is -2.35. The van der Waals surface area contributed by atoms with Gasteiger partial charge in [-0.15, -0.1) is 0 Å². The minimum Gasteiger partial charge on any atom is -0.496 e. The molecular formula is C28H30FN3O3. The maximum atomic E-state index is 13.4. The first-order valence-electron chi connectivity index (χ1n) is 11.9. The van der Waals surface area contributed by atoms with Crippen LogP contribution in [0.1, 0.15) is 39.1 Å². The van der Waals surface area contributed by atoms with E-state index >= 15 is 0 Å². The first-order valence-corrected chi connectivity index (χ1v) is 11.9. The Kier molecular flexibility index (Phi) is 7.98. The zero-order chi connectivity index (χ0) is 24.6. The molecule has 0 unspecified atom stereocenters. The number of ether oxygens (including phenoxy) is 1. The molecule has 1 aliphatic rings. The predicted octanol–water partition coefficient (Wildman–Crippen LogP) is 4.21. The molecule has 0 radical (unpaired) electrons. The van der Waals surface area contributed by atoms with Crippen molar-refractivity contribution in [2.24, 2.45) is 0 Å². The van der Waals surface area contributed by atoms with Gasteiger partial charge in [0.25, 0.3) is 11.8 Å². The highest BCUT2D eigenvalue weighted by atomic mass is 19.1. The monoisotopic (exact) mass is 475 g/mol. The molecule has 35 heavy (non-hydrogen) atoms. The van der Waals surface area contributed by atoms with Crippen LogP contribution in [0.2, 0.25) is 0 Å². The number of nitrogens with one attached hydrogen (secondary N) is 2. The number of benzene rings is 3. The summed E-state index contributed by atoms with van der Waals surface area (Å²) in [5.74, 6) is 0.00886. The van der Waals surface area contributed by atoms with E-state index in [1.54, 1.807) is 13.2 Å². The van der Waals surface area contributed by atoms with Gasteiger partial charge in [0.1, 0.15) is 11.6 Å². The van der Waals surface area contributed by atoms with Crippen molar-refractivity contribution in [3.8, 4) is 5.75 Å². The van der Waals surface area contributed by atoms with Gasteiger partial charge in [0.15, 0.2) is 0 Å². The normalized spacial score (nSPS) is 13.8. The summed E-state index contributed by atoms with van der Waals surface area (Å²) in [6.07, 6.45) is 2.16. The Hall–Kier alpha value is -3.87. The summed E-state index contributed by atoms with van der Waals surface area (Å²) in [6, 6.07) is 21.1. The summed E-state index contributed by atoms with van der Waals surface area (Å²) in [4.78, 5) is 27.6. The number of rotatable bonds is 8. The number of amides is 2. The highest BCUT2D eigenvalue weighted by Crippen LogP contribution is 2.25. The molecule has 4 rings (SSSR count). The van der Waals surface area contributed by atoms with Gasteiger partial charge in [0.2, 0.25) is 0 Å². The summed E-state index contributed by atoms with van der Waals surface area (Å²) in [7, 11) is 1.64. The van der Waals surface area contributed by atoms with Crippen LogP contribution in [0.15, 0.2) is 72.8 Å². The number of piperidine rings is 1. The molecule has 0 aromatic heterocycles. The molecule has 3 aromatic carbocycles. The number of nitrogens with zero attached hydrogens (tertiary/aromatic N) is 1. The van der Waals surface area contributed by atoms with Crippen LogP contribution in [0, 0.1) is 5.82 Å². The molecule has 3 aromatic rings. The Bertz CT molecular complexity index is 1180. The molecule has 1 heterocycles. The zero-order valence-electron chi connectivity index (χ0n) is 19.8. The Morgan fingerprint density at radius 1 is 0.971 bits per heavy atom. The lowest BCUT2D eigenvalue weighted by molar-refractivity contribution is 0.0929. The number of carbonyl (C=O) groups excluding carboxylic acids is 2. The van der Waals surface area contributed by atoms with Crippen LogP contribution in [-0.4, -0.2) is 44.6 Å². The smallest absolute Gasteiger partial charge is 0.253 e. The zero-order valence-corrected chi connectivity index (χ0v) is 19.8. The highest BCUT2D eigenvalue weighted by Gasteiger charge is 2.24. The molecular weight excluding hydrogens is 445 g/mol. The first-order chi connectivity index (χ1) is 17.0. The molecule has 1 saturated heterocycles. The van der Waals surface area contributed by atoms with Crippen molar-refractivity contribution in [2.75, 3.05) is 31.6 Å². The number of hydrogen-bond acceptors (Lipinski definition) is 4. The predicted molar refractivity (Wildman–Crippen MR) is 135 cm³/mol. The van der Waals surface area contributed by atoms with E-state index in [0.29, 0.717) is 37.2 Å². The minimum atomic E-state index is -0.426. The molecule has 1 aliphatic heterocycles. The molecule has 0 bridgehead atoms. The maximum Gasteiger partial charge on any atom is 0.253 e. The third-order valence-electron chi connectivity index (χ3n) is 6.28. The number of para-hydroxylation sites is 2. The van der Waals surface area contributed by atoms with Crippen LogP contribution in [0.3, 0.4) is 0 Å². The van der Waals surface area contributed by atoms with Crippen molar-refractivity contribution in [2.45, 2.75) is 25.3 Å². The Labute approximate surface area is 205 Å². The van der Waals surface area contributed by atoms with Crippen LogP contribution in [0.25, 0.3) is 0 Å². The summed E-state index contributed by atoms with van der Waals surface area (Å²) >= 11 is 0. The van der Waals surface area contributed by atoms with Crippen molar-refractivity contribution in [1.82, 2.24) is 10.6 Å². The van der Waals surface area contributed by atoms with Crippen LogP contribution < -0.4 is 20.3 Å². The molecule has 7 heteroatoms. The molecule has 1 fully saturated rings. The van der Waals surface area contributed by atoms with E-state index in [-0.39, 0.29) is 17.9 Å². The van der Waals surface area contributed by atoms with Crippen molar-refractivity contribution in [1.29, 1.82) is 0 Å². The molecule has 182 valence electrons.